The van der Waals surface area contributed by atoms with Crippen LogP contribution in [0.25, 0.3) is 11.1 Å². The number of benzene rings is 2. The van der Waals surface area contributed by atoms with Crippen LogP contribution in [0.5, 0.6) is 0 Å². The first-order valence-corrected chi connectivity index (χ1v) is 14.0. The van der Waals surface area contributed by atoms with Crippen molar-refractivity contribution in [2.75, 3.05) is 43.1 Å². The lowest BCUT2D eigenvalue weighted by molar-refractivity contribution is -0.133. The van der Waals surface area contributed by atoms with Crippen LogP contribution in [0, 0.1) is 5.82 Å². The minimum Gasteiger partial charge on any atom is -0.408 e. The molecule has 1 atom stereocenters. The summed E-state index contributed by atoms with van der Waals surface area (Å²) in [5.74, 6) is -0.579. The van der Waals surface area contributed by atoms with E-state index in [1.807, 2.05) is 6.26 Å². The van der Waals surface area contributed by atoms with Gasteiger partial charge in [0.1, 0.15) is 11.9 Å². The molecule has 1 amide bonds. The summed E-state index contributed by atoms with van der Waals surface area (Å²) in [5, 5.41) is 0. The summed E-state index contributed by atoms with van der Waals surface area (Å²) in [6.45, 7) is 1.97. The van der Waals surface area contributed by atoms with Gasteiger partial charge in [0, 0.05) is 45.0 Å². The van der Waals surface area contributed by atoms with Gasteiger partial charge in [0.05, 0.1) is 10.4 Å². The van der Waals surface area contributed by atoms with Gasteiger partial charge in [0.2, 0.25) is 15.9 Å². The quantitative estimate of drug-likeness (QED) is 0.483. The highest BCUT2D eigenvalue weighted by Gasteiger charge is 2.31. The molecule has 188 valence electrons. The van der Waals surface area contributed by atoms with E-state index >= 15 is 0 Å². The summed E-state index contributed by atoms with van der Waals surface area (Å²) < 4.78 is 48.5. The van der Waals surface area contributed by atoms with Crippen LogP contribution >= 0.6 is 11.8 Å². The lowest BCUT2D eigenvalue weighted by Gasteiger charge is -2.37. The van der Waals surface area contributed by atoms with Crippen molar-refractivity contribution < 1.29 is 22.0 Å². The van der Waals surface area contributed by atoms with E-state index in [0.29, 0.717) is 43.9 Å². The molecule has 0 aliphatic carbocycles. The fraction of sp³-hybridized carbons (Fsp3) is 0.391. The average Bonchev–Trinajstić information content (AvgIpc) is 3.14. The minimum atomic E-state index is -4.05. The Labute approximate surface area is 206 Å². The molecule has 1 saturated heterocycles. The van der Waals surface area contributed by atoms with Crippen molar-refractivity contribution in [1.82, 2.24) is 14.2 Å². The minimum absolute atomic E-state index is 0.0811. The number of hydrogen-bond donors (Lipinski definition) is 1. The second-order valence-corrected chi connectivity index (χ2v) is 11.0. The van der Waals surface area contributed by atoms with E-state index < -0.39 is 21.8 Å². The molecule has 0 spiro atoms. The van der Waals surface area contributed by atoms with Gasteiger partial charge in [-0.3, -0.25) is 9.36 Å². The zero-order chi connectivity index (χ0) is 25.2. The maximum absolute atomic E-state index is 13.3. The number of amides is 1. The number of carbonyl (C=O) groups is 1. The van der Waals surface area contributed by atoms with Gasteiger partial charge in [-0.2, -0.15) is 16.5 Å². The highest BCUT2D eigenvalue weighted by molar-refractivity contribution is 7.98. The fourth-order valence-corrected chi connectivity index (χ4v) is 5.77. The molecule has 35 heavy (non-hydrogen) atoms. The number of rotatable bonds is 8. The van der Waals surface area contributed by atoms with Crippen LogP contribution in [0.15, 0.2) is 56.6 Å². The van der Waals surface area contributed by atoms with Gasteiger partial charge in [-0.05, 0) is 54.8 Å². The topological polar surface area (TPSA) is 105 Å². The summed E-state index contributed by atoms with van der Waals surface area (Å²) in [4.78, 5) is 28.7. The van der Waals surface area contributed by atoms with Crippen molar-refractivity contribution in [3.63, 3.8) is 0 Å². The molecule has 1 aromatic heterocycles. The van der Waals surface area contributed by atoms with E-state index in [0.717, 1.165) is 5.69 Å². The Morgan fingerprint density at radius 1 is 1.14 bits per heavy atom. The van der Waals surface area contributed by atoms with Crippen molar-refractivity contribution in [3.05, 3.63) is 58.8 Å². The number of fused-ring (bicyclic) bond motifs is 1. The third-order valence-corrected chi connectivity index (χ3v) is 8.18. The molecular weight excluding hydrogens is 495 g/mol. The average molecular weight is 523 g/mol. The molecule has 0 radical (unpaired) electrons. The standard InChI is InChI=1S/C23H27FN4O5S2/c1-26-20-8-7-18(15-21(20)33-23(26)30)35(31,32)25-19(9-14-34-2)22(29)28-12-10-27(11-13-28)17-5-3-16(24)4-6-17/h3-8,15,19,25H,9-14H2,1-2H3/t19-/m0/s1. The number of carbonyl (C=O) groups excluding carboxylic acids is 1. The summed E-state index contributed by atoms with van der Waals surface area (Å²) in [7, 11) is -2.52. The second-order valence-electron chi connectivity index (χ2n) is 8.30. The molecule has 1 aliphatic heterocycles. The van der Waals surface area contributed by atoms with E-state index in [1.165, 1.54) is 53.7 Å². The van der Waals surface area contributed by atoms with Gasteiger partial charge in [-0.25, -0.2) is 17.6 Å². The molecule has 2 aromatic carbocycles. The molecule has 4 rings (SSSR count). The van der Waals surface area contributed by atoms with Gasteiger partial charge in [-0.15, -0.1) is 0 Å². The zero-order valence-corrected chi connectivity index (χ0v) is 21.1. The Balaban J connectivity index is 1.48. The third kappa shape index (κ3) is 5.54. The van der Waals surface area contributed by atoms with Gasteiger partial charge < -0.3 is 14.2 Å². The van der Waals surface area contributed by atoms with E-state index in [4.69, 9.17) is 4.42 Å². The van der Waals surface area contributed by atoms with Crippen molar-refractivity contribution >= 4 is 44.5 Å². The van der Waals surface area contributed by atoms with E-state index in [2.05, 4.69) is 9.62 Å². The number of nitrogens with zero attached hydrogens (tertiary/aromatic N) is 3. The first-order chi connectivity index (χ1) is 16.7. The van der Waals surface area contributed by atoms with Crippen LogP contribution < -0.4 is 15.4 Å². The Bertz CT molecular complexity index is 1360. The van der Waals surface area contributed by atoms with Gasteiger partial charge >= 0.3 is 5.76 Å². The van der Waals surface area contributed by atoms with E-state index in [9.17, 15) is 22.4 Å². The van der Waals surface area contributed by atoms with Crippen molar-refractivity contribution in [1.29, 1.82) is 0 Å². The first kappa shape index (κ1) is 25.3. The van der Waals surface area contributed by atoms with Crippen LogP contribution in [-0.2, 0) is 21.9 Å². The molecule has 12 heteroatoms. The number of aromatic nitrogens is 1. The molecule has 1 N–H and O–H groups in total. The number of hydrogen-bond acceptors (Lipinski definition) is 7. The molecule has 0 unspecified atom stereocenters. The SMILES string of the molecule is CSCC[C@H](NS(=O)(=O)c1ccc2c(c1)oc(=O)n2C)C(=O)N1CCN(c2ccc(F)cc2)CC1. The van der Waals surface area contributed by atoms with Crippen molar-refractivity contribution in [2.24, 2.45) is 7.05 Å². The molecule has 3 aromatic rings. The van der Waals surface area contributed by atoms with Crippen LogP contribution in [0.2, 0.25) is 0 Å². The second kappa shape index (κ2) is 10.4. The summed E-state index contributed by atoms with van der Waals surface area (Å²) in [6.07, 6.45) is 2.23. The van der Waals surface area contributed by atoms with Crippen LogP contribution in [0.3, 0.4) is 0 Å². The molecule has 0 saturated carbocycles. The number of aryl methyl sites for hydroxylation is 1. The molecule has 9 nitrogen and oxygen atoms in total. The number of sulfonamides is 1. The summed E-state index contributed by atoms with van der Waals surface area (Å²) >= 11 is 1.52. The zero-order valence-electron chi connectivity index (χ0n) is 19.4. The molecule has 2 heterocycles. The molecule has 0 bridgehead atoms. The van der Waals surface area contributed by atoms with Crippen LogP contribution in [0.4, 0.5) is 10.1 Å². The fourth-order valence-electron chi connectivity index (χ4n) is 4.06. The maximum Gasteiger partial charge on any atom is 0.419 e. The highest BCUT2D eigenvalue weighted by Crippen LogP contribution is 2.20. The van der Waals surface area contributed by atoms with Crippen molar-refractivity contribution in [2.45, 2.75) is 17.4 Å². The Morgan fingerprint density at radius 3 is 2.49 bits per heavy atom. The molecular formula is C23H27FN4O5S2. The van der Waals surface area contributed by atoms with Crippen molar-refractivity contribution in [3.8, 4) is 0 Å². The Hall–Kier alpha value is -2.83. The summed E-state index contributed by atoms with van der Waals surface area (Å²) in [5.41, 5.74) is 1.51. The van der Waals surface area contributed by atoms with Gasteiger partial charge in [-0.1, -0.05) is 0 Å². The molecule has 1 fully saturated rings. The third-order valence-electron chi connectivity index (χ3n) is 6.06. The number of nitrogens with one attached hydrogen (secondary N) is 1. The number of oxazole rings is 1. The Morgan fingerprint density at radius 2 is 1.83 bits per heavy atom. The van der Waals surface area contributed by atoms with E-state index in [-0.39, 0.29) is 22.2 Å². The largest absolute Gasteiger partial charge is 0.419 e. The number of halogens is 1. The Kier molecular flexibility index (Phi) is 7.53. The number of anilines is 1. The number of thioether (sulfide) groups is 1. The monoisotopic (exact) mass is 522 g/mol. The lowest BCUT2D eigenvalue weighted by atomic mass is 10.2. The smallest absolute Gasteiger partial charge is 0.408 e. The van der Waals surface area contributed by atoms with Crippen LogP contribution in [-0.4, -0.2) is 68.0 Å². The van der Waals surface area contributed by atoms with Gasteiger partial charge in [0.25, 0.3) is 0 Å². The normalized spacial score (nSPS) is 15.5. The predicted octanol–water partition coefficient (Wildman–Crippen LogP) is 2.02. The first-order valence-electron chi connectivity index (χ1n) is 11.1. The highest BCUT2D eigenvalue weighted by atomic mass is 32.2. The number of piperazine rings is 1. The summed E-state index contributed by atoms with van der Waals surface area (Å²) in [6, 6.07) is 9.46. The lowest BCUT2D eigenvalue weighted by Crippen LogP contribution is -2.55. The molecule has 1 aliphatic rings. The van der Waals surface area contributed by atoms with E-state index in [1.54, 1.807) is 17.0 Å². The predicted molar refractivity (Wildman–Crippen MR) is 134 cm³/mol. The van der Waals surface area contributed by atoms with Crippen LogP contribution in [0.1, 0.15) is 6.42 Å². The van der Waals surface area contributed by atoms with Gasteiger partial charge in [0.15, 0.2) is 5.58 Å². The maximum atomic E-state index is 13.3.